The van der Waals surface area contributed by atoms with E-state index in [1.165, 1.54) is 0 Å². The number of benzene rings is 1. The Bertz CT molecular complexity index is 875. The van der Waals surface area contributed by atoms with Crippen molar-refractivity contribution in [2.75, 3.05) is 13.7 Å². The van der Waals surface area contributed by atoms with E-state index in [9.17, 15) is 4.79 Å². The minimum Gasteiger partial charge on any atom is -0.497 e. The highest BCUT2D eigenvalue weighted by molar-refractivity contribution is 6.30. The van der Waals surface area contributed by atoms with Gasteiger partial charge in [0.1, 0.15) is 23.9 Å². The molecule has 0 radical (unpaired) electrons. The summed E-state index contributed by atoms with van der Waals surface area (Å²) < 4.78 is 18.0. The van der Waals surface area contributed by atoms with Gasteiger partial charge >= 0.3 is 0 Å². The molecule has 7 nitrogen and oxygen atoms in total. The fourth-order valence-corrected chi connectivity index (χ4v) is 2.41. The largest absolute Gasteiger partial charge is 0.497 e. The molecule has 0 saturated heterocycles. The van der Waals surface area contributed by atoms with Gasteiger partial charge in [-0.15, -0.1) is 0 Å². The van der Waals surface area contributed by atoms with Gasteiger partial charge in [-0.1, -0.05) is 17.7 Å². The molecule has 8 heteroatoms. The molecule has 1 N–H and O–H groups in total. The number of nitrogens with zero attached hydrogens (tertiary/aromatic N) is 2. The minimum absolute atomic E-state index is 0.215. The van der Waals surface area contributed by atoms with Crippen LogP contribution >= 0.6 is 11.6 Å². The first-order valence-corrected chi connectivity index (χ1v) is 8.33. The smallest absolute Gasteiger partial charge is 0.287 e. The second kappa shape index (κ2) is 8.44. The molecule has 26 heavy (non-hydrogen) atoms. The Balaban J connectivity index is 1.47. The molecule has 0 saturated carbocycles. The predicted octanol–water partition coefficient (Wildman–Crippen LogP) is 3.15. The van der Waals surface area contributed by atoms with Gasteiger partial charge in [0, 0.05) is 18.8 Å². The molecule has 0 aliphatic carbocycles. The highest BCUT2D eigenvalue weighted by atomic mass is 35.5. The second-order valence-electron chi connectivity index (χ2n) is 5.41. The Morgan fingerprint density at radius 3 is 2.92 bits per heavy atom. The number of halogens is 1. The van der Waals surface area contributed by atoms with Crippen molar-refractivity contribution >= 4 is 17.5 Å². The lowest BCUT2D eigenvalue weighted by molar-refractivity contribution is 0.0920. The van der Waals surface area contributed by atoms with Gasteiger partial charge in [0.05, 0.1) is 24.9 Å². The van der Waals surface area contributed by atoms with E-state index in [-0.39, 0.29) is 18.3 Å². The fourth-order valence-electron chi connectivity index (χ4n) is 2.25. The van der Waals surface area contributed by atoms with Crippen molar-refractivity contribution in [1.82, 2.24) is 15.1 Å². The average molecular weight is 376 g/mol. The summed E-state index contributed by atoms with van der Waals surface area (Å²) in [5.41, 5.74) is 0. The Hall–Kier alpha value is -2.93. The summed E-state index contributed by atoms with van der Waals surface area (Å²) in [6.07, 6.45) is 3.24. The molecule has 0 bridgehead atoms. The van der Waals surface area contributed by atoms with Gasteiger partial charge in [0.2, 0.25) is 0 Å². The maximum absolute atomic E-state index is 12.1. The summed E-state index contributed by atoms with van der Waals surface area (Å²) in [6.45, 7) is 1.14. The summed E-state index contributed by atoms with van der Waals surface area (Å²) in [6, 6.07) is 10.6. The van der Waals surface area contributed by atoms with Crippen LogP contribution in [-0.2, 0) is 13.2 Å². The summed E-state index contributed by atoms with van der Waals surface area (Å²) in [5, 5.41) is 7.36. The number of hydrogen-bond acceptors (Lipinski definition) is 5. The maximum Gasteiger partial charge on any atom is 0.287 e. The molecule has 1 aromatic carbocycles. The van der Waals surface area contributed by atoms with Gasteiger partial charge in [-0.3, -0.25) is 9.48 Å². The van der Waals surface area contributed by atoms with E-state index in [0.29, 0.717) is 35.4 Å². The van der Waals surface area contributed by atoms with E-state index in [4.69, 9.17) is 25.5 Å². The van der Waals surface area contributed by atoms with Crippen molar-refractivity contribution in [2.24, 2.45) is 0 Å². The highest BCUT2D eigenvalue weighted by Gasteiger charge is 2.11. The van der Waals surface area contributed by atoms with Crippen LogP contribution in [0.4, 0.5) is 0 Å². The molecule has 0 aliphatic heterocycles. The van der Waals surface area contributed by atoms with Gasteiger partial charge in [-0.2, -0.15) is 5.10 Å². The van der Waals surface area contributed by atoms with Crippen molar-refractivity contribution in [3.63, 3.8) is 0 Å². The third-order valence-electron chi connectivity index (χ3n) is 3.54. The number of ether oxygens (including phenoxy) is 2. The molecule has 0 unspecified atom stereocenters. The molecule has 3 aromatic rings. The van der Waals surface area contributed by atoms with Crippen molar-refractivity contribution in [1.29, 1.82) is 0 Å². The lowest BCUT2D eigenvalue weighted by atomic mass is 10.3. The number of hydrogen-bond donors (Lipinski definition) is 1. The van der Waals surface area contributed by atoms with Crippen LogP contribution in [0.3, 0.4) is 0 Å². The lowest BCUT2D eigenvalue weighted by Gasteiger charge is -2.06. The number of carbonyl (C=O) groups is 1. The molecule has 0 aliphatic rings. The number of furan rings is 1. The van der Waals surface area contributed by atoms with Crippen LogP contribution in [0.2, 0.25) is 5.02 Å². The first-order valence-electron chi connectivity index (χ1n) is 7.96. The summed E-state index contributed by atoms with van der Waals surface area (Å²) in [4.78, 5) is 12.1. The zero-order chi connectivity index (χ0) is 18.4. The SMILES string of the molecule is COc1cccc(OCc2ccc(C(=O)NCCn3cc(Cl)cn3)o2)c1. The number of nitrogens with one attached hydrogen (secondary N) is 1. The molecule has 136 valence electrons. The first-order chi connectivity index (χ1) is 12.6. The molecule has 0 fully saturated rings. The molecule has 2 aromatic heterocycles. The molecule has 3 rings (SSSR count). The number of aromatic nitrogens is 2. The topological polar surface area (TPSA) is 78.5 Å². The van der Waals surface area contributed by atoms with Crippen molar-refractivity contribution in [2.45, 2.75) is 13.2 Å². The van der Waals surface area contributed by atoms with Crippen molar-refractivity contribution in [3.05, 3.63) is 65.3 Å². The number of methoxy groups -OCH3 is 1. The quantitative estimate of drug-likeness (QED) is 0.654. The normalized spacial score (nSPS) is 10.5. The zero-order valence-corrected chi connectivity index (χ0v) is 14.9. The van der Waals surface area contributed by atoms with Crippen LogP contribution in [0.15, 0.2) is 53.2 Å². The van der Waals surface area contributed by atoms with E-state index >= 15 is 0 Å². The second-order valence-corrected chi connectivity index (χ2v) is 5.85. The average Bonchev–Trinajstić information content (AvgIpc) is 3.29. The molecule has 1 amide bonds. The lowest BCUT2D eigenvalue weighted by Crippen LogP contribution is -2.27. The van der Waals surface area contributed by atoms with E-state index in [0.717, 1.165) is 0 Å². The number of rotatable bonds is 8. The predicted molar refractivity (Wildman–Crippen MR) is 95.6 cm³/mol. The van der Waals surface area contributed by atoms with Crippen LogP contribution in [0.25, 0.3) is 0 Å². The Kier molecular flexibility index (Phi) is 5.80. The number of carbonyl (C=O) groups excluding carboxylic acids is 1. The fraction of sp³-hybridized carbons (Fsp3) is 0.222. The van der Waals surface area contributed by atoms with E-state index < -0.39 is 0 Å². The van der Waals surface area contributed by atoms with Crippen LogP contribution in [-0.4, -0.2) is 29.3 Å². The Morgan fingerprint density at radius 2 is 2.15 bits per heavy atom. The van der Waals surface area contributed by atoms with Crippen LogP contribution in [0.1, 0.15) is 16.3 Å². The highest BCUT2D eigenvalue weighted by Crippen LogP contribution is 2.20. The van der Waals surface area contributed by atoms with Crippen LogP contribution in [0.5, 0.6) is 11.5 Å². The van der Waals surface area contributed by atoms with Crippen LogP contribution in [0, 0.1) is 0 Å². The van der Waals surface area contributed by atoms with Crippen molar-refractivity contribution < 1.29 is 18.7 Å². The van der Waals surface area contributed by atoms with Gasteiger partial charge < -0.3 is 19.2 Å². The molecule has 2 heterocycles. The standard InChI is InChI=1S/C18H18ClN3O4/c1-24-14-3-2-4-15(9-14)25-12-16-5-6-17(26-16)18(23)20-7-8-22-11-13(19)10-21-22/h2-6,9-11H,7-8,12H2,1H3,(H,20,23). The Morgan fingerprint density at radius 1 is 1.31 bits per heavy atom. The van der Waals surface area contributed by atoms with Crippen LogP contribution < -0.4 is 14.8 Å². The van der Waals surface area contributed by atoms with E-state index in [2.05, 4.69) is 10.4 Å². The molecular formula is C18H18ClN3O4. The van der Waals surface area contributed by atoms with Gasteiger partial charge in [-0.05, 0) is 24.3 Å². The third-order valence-corrected chi connectivity index (χ3v) is 3.73. The van der Waals surface area contributed by atoms with Crippen molar-refractivity contribution in [3.8, 4) is 11.5 Å². The molecule has 0 spiro atoms. The monoisotopic (exact) mass is 375 g/mol. The van der Waals surface area contributed by atoms with Gasteiger partial charge in [-0.25, -0.2) is 0 Å². The van der Waals surface area contributed by atoms with Gasteiger partial charge in [0.25, 0.3) is 5.91 Å². The maximum atomic E-state index is 12.1. The summed E-state index contributed by atoms with van der Waals surface area (Å²) in [7, 11) is 1.59. The first kappa shape index (κ1) is 17.9. The summed E-state index contributed by atoms with van der Waals surface area (Å²) >= 11 is 5.79. The van der Waals surface area contributed by atoms with E-state index in [1.807, 2.05) is 18.2 Å². The number of amides is 1. The molecular weight excluding hydrogens is 358 g/mol. The van der Waals surface area contributed by atoms with E-state index in [1.54, 1.807) is 42.4 Å². The summed E-state index contributed by atoms with van der Waals surface area (Å²) in [5.74, 6) is 1.85. The van der Waals surface area contributed by atoms with Gasteiger partial charge in [0.15, 0.2) is 5.76 Å². The molecule has 0 atom stereocenters. The minimum atomic E-state index is -0.295. The Labute approximate surface area is 155 Å². The zero-order valence-electron chi connectivity index (χ0n) is 14.1. The third kappa shape index (κ3) is 4.80.